The third kappa shape index (κ3) is 4.80. The molecular formula is C12H16Cl2FNO. The first-order valence-corrected chi connectivity index (χ1v) is 6.30. The maximum Gasteiger partial charge on any atom is 0.146 e. The Morgan fingerprint density at radius 3 is 2.76 bits per heavy atom. The summed E-state index contributed by atoms with van der Waals surface area (Å²) >= 11 is 11.4. The molecule has 0 heterocycles. The van der Waals surface area contributed by atoms with Crippen LogP contribution in [0.5, 0.6) is 0 Å². The molecule has 1 rings (SSSR count). The highest BCUT2D eigenvalue weighted by Gasteiger charge is 2.10. The molecule has 0 aliphatic heterocycles. The molecule has 1 aromatic carbocycles. The van der Waals surface area contributed by atoms with Gasteiger partial charge in [-0.2, -0.15) is 0 Å². The van der Waals surface area contributed by atoms with Crippen molar-refractivity contribution in [3.05, 3.63) is 34.6 Å². The number of methoxy groups -OCH3 is 1. The second-order valence-electron chi connectivity index (χ2n) is 3.67. The van der Waals surface area contributed by atoms with Gasteiger partial charge >= 0.3 is 0 Å². The van der Waals surface area contributed by atoms with Crippen molar-refractivity contribution in [2.75, 3.05) is 32.7 Å². The van der Waals surface area contributed by atoms with Crippen molar-refractivity contribution in [2.24, 2.45) is 0 Å². The lowest BCUT2D eigenvalue weighted by Gasteiger charge is -2.21. The molecule has 0 amide bonds. The summed E-state index contributed by atoms with van der Waals surface area (Å²) in [5.74, 6) is 0.150. The molecule has 0 atom stereocenters. The van der Waals surface area contributed by atoms with E-state index >= 15 is 0 Å². The van der Waals surface area contributed by atoms with Gasteiger partial charge in [0.2, 0.25) is 0 Å². The van der Waals surface area contributed by atoms with Crippen LogP contribution in [0.1, 0.15) is 5.56 Å². The van der Waals surface area contributed by atoms with Crippen LogP contribution in [-0.4, -0.2) is 37.6 Å². The van der Waals surface area contributed by atoms with E-state index in [9.17, 15) is 4.39 Å². The lowest BCUT2D eigenvalue weighted by atomic mass is 10.2. The largest absolute Gasteiger partial charge is 0.383 e. The average molecular weight is 280 g/mol. The summed E-state index contributed by atoms with van der Waals surface area (Å²) in [5, 5.41) is 0.153. The summed E-state index contributed by atoms with van der Waals surface area (Å²) in [7, 11) is 1.64. The molecular weight excluding hydrogens is 264 g/mol. The van der Waals surface area contributed by atoms with Gasteiger partial charge in [-0.05, 0) is 6.07 Å². The molecule has 0 aromatic heterocycles. The molecule has 5 heteroatoms. The van der Waals surface area contributed by atoms with Gasteiger partial charge in [0.25, 0.3) is 0 Å². The first-order valence-electron chi connectivity index (χ1n) is 5.39. The maximum absolute atomic E-state index is 13.7. The average Bonchev–Trinajstić information content (AvgIpc) is 2.32. The maximum atomic E-state index is 13.7. The predicted molar refractivity (Wildman–Crippen MR) is 69.3 cm³/mol. The van der Waals surface area contributed by atoms with Crippen molar-refractivity contribution in [2.45, 2.75) is 6.54 Å². The molecule has 0 spiro atoms. The molecule has 0 unspecified atom stereocenters. The minimum absolute atomic E-state index is 0.153. The molecule has 0 saturated carbocycles. The summed E-state index contributed by atoms with van der Waals surface area (Å²) in [6.45, 7) is 2.49. The summed E-state index contributed by atoms with van der Waals surface area (Å²) in [6, 6.07) is 5.02. The Kier molecular flexibility index (Phi) is 6.82. The van der Waals surface area contributed by atoms with Crippen LogP contribution < -0.4 is 0 Å². The summed E-state index contributed by atoms with van der Waals surface area (Å²) in [4.78, 5) is 2.03. The van der Waals surface area contributed by atoms with E-state index in [-0.39, 0.29) is 10.8 Å². The zero-order valence-electron chi connectivity index (χ0n) is 9.76. The van der Waals surface area contributed by atoms with Gasteiger partial charge in [0.15, 0.2) is 0 Å². The number of nitrogens with zero attached hydrogens (tertiary/aromatic N) is 1. The molecule has 0 saturated heterocycles. The van der Waals surface area contributed by atoms with Crippen molar-refractivity contribution in [3.63, 3.8) is 0 Å². The second kappa shape index (κ2) is 7.88. The van der Waals surface area contributed by atoms with E-state index < -0.39 is 0 Å². The molecule has 2 nitrogen and oxygen atoms in total. The zero-order valence-corrected chi connectivity index (χ0v) is 11.3. The van der Waals surface area contributed by atoms with Crippen LogP contribution >= 0.6 is 23.2 Å². The molecule has 17 heavy (non-hydrogen) atoms. The second-order valence-corrected chi connectivity index (χ2v) is 4.46. The zero-order chi connectivity index (χ0) is 12.7. The fraction of sp³-hybridized carbons (Fsp3) is 0.500. The van der Waals surface area contributed by atoms with E-state index in [1.165, 1.54) is 0 Å². The Balaban J connectivity index is 2.67. The van der Waals surface area contributed by atoms with Gasteiger partial charge in [-0.1, -0.05) is 23.7 Å². The SMILES string of the molecule is COCCN(CCCl)Cc1cccc(Cl)c1F. The van der Waals surface area contributed by atoms with Crippen LogP contribution in [0.15, 0.2) is 18.2 Å². The Morgan fingerprint density at radius 2 is 2.12 bits per heavy atom. The van der Waals surface area contributed by atoms with E-state index in [1.807, 2.05) is 4.90 Å². The highest BCUT2D eigenvalue weighted by molar-refractivity contribution is 6.30. The van der Waals surface area contributed by atoms with E-state index in [0.29, 0.717) is 31.1 Å². The molecule has 0 aliphatic carbocycles. The van der Waals surface area contributed by atoms with Crippen LogP contribution in [0.4, 0.5) is 4.39 Å². The molecule has 0 fully saturated rings. The van der Waals surface area contributed by atoms with E-state index in [2.05, 4.69) is 0 Å². The summed E-state index contributed by atoms with van der Waals surface area (Å²) < 4.78 is 18.7. The Morgan fingerprint density at radius 1 is 1.35 bits per heavy atom. The minimum Gasteiger partial charge on any atom is -0.383 e. The lowest BCUT2D eigenvalue weighted by Crippen LogP contribution is -2.29. The van der Waals surface area contributed by atoms with E-state index in [1.54, 1.807) is 25.3 Å². The standard InChI is InChI=1S/C12H16Cl2FNO/c1-17-8-7-16(6-5-13)9-10-3-2-4-11(14)12(10)15/h2-4H,5-9H2,1H3. The van der Waals surface area contributed by atoms with Crippen LogP contribution in [0.2, 0.25) is 5.02 Å². The van der Waals surface area contributed by atoms with Gasteiger partial charge in [0, 0.05) is 38.2 Å². The van der Waals surface area contributed by atoms with Crippen molar-refractivity contribution >= 4 is 23.2 Å². The predicted octanol–water partition coefficient (Wildman–Crippen LogP) is 3.17. The van der Waals surface area contributed by atoms with Crippen LogP contribution in [0, 0.1) is 5.82 Å². The van der Waals surface area contributed by atoms with Gasteiger partial charge in [0.1, 0.15) is 5.82 Å². The van der Waals surface area contributed by atoms with Gasteiger partial charge < -0.3 is 4.74 Å². The fourth-order valence-electron chi connectivity index (χ4n) is 1.52. The Labute approximate surface area is 111 Å². The number of rotatable bonds is 7. The van der Waals surface area contributed by atoms with Crippen molar-refractivity contribution in [1.82, 2.24) is 4.90 Å². The van der Waals surface area contributed by atoms with Crippen molar-refractivity contribution < 1.29 is 9.13 Å². The number of alkyl halides is 1. The monoisotopic (exact) mass is 279 g/mol. The third-order valence-corrected chi connectivity index (χ3v) is 2.90. The first-order chi connectivity index (χ1) is 8.19. The molecule has 0 radical (unpaired) electrons. The Hall–Kier alpha value is -0.350. The fourth-order valence-corrected chi connectivity index (χ4v) is 1.95. The van der Waals surface area contributed by atoms with E-state index in [0.717, 1.165) is 6.54 Å². The number of hydrogen-bond acceptors (Lipinski definition) is 2. The van der Waals surface area contributed by atoms with Crippen LogP contribution in [0.25, 0.3) is 0 Å². The molecule has 0 N–H and O–H groups in total. The number of hydrogen-bond donors (Lipinski definition) is 0. The van der Waals surface area contributed by atoms with Gasteiger partial charge in [-0.15, -0.1) is 11.6 Å². The van der Waals surface area contributed by atoms with Gasteiger partial charge in [-0.3, -0.25) is 4.90 Å². The quantitative estimate of drug-likeness (QED) is 0.711. The topological polar surface area (TPSA) is 12.5 Å². The lowest BCUT2D eigenvalue weighted by molar-refractivity contribution is 0.147. The number of halogens is 3. The number of ether oxygens (including phenoxy) is 1. The highest BCUT2D eigenvalue weighted by atomic mass is 35.5. The van der Waals surface area contributed by atoms with E-state index in [4.69, 9.17) is 27.9 Å². The van der Waals surface area contributed by atoms with Crippen LogP contribution in [-0.2, 0) is 11.3 Å². The van der Waals surface area contributed by atoms with Gasteiger partial charge in [0.05, 0.1) is 11.6 Å². The minimum atomic E-state index is -0.355. The van der Waals surface area contributed by atoms with Crippen LogP contribution in [0.3, 0.4) is 0 Å². The molecule has 96 valence electrons. The Bertz CT molecular complexity index is 349. The highest BCUT2D eigenvalue weighted by Crippen LogP contribution is 2.19. The number of benzene rings is 1. The normalized spacial score (nSPS) is 11.1. The smallest absolute Gasteiger partial charge is 0.146 e. The first kappa shape index (κ1) is 14.7. The summed E-state index contributed by atoms with van der Waals surface area (Å²) in [5.41, 5.74) is 0.582. The molecule has 0 bridgehead atoms. The molecule has 0 aliphatic rings. The molecule has 1 aromatic rings. The summed E-state index contributed by atoms with van der Waals surface area (Å²) in [6.07, 6.45) is 0. The van der Waals surface area contributed by atoms with Gasteiger partial charge in [-0.25, -0.2) is 4.39 Å². The van der Waals surface area contributed by atoms with Crippen molar-refractivity contribution in [3.8, 4) is 0 Å². The van der Waals surface area contributed by atoms with Crippen molar-refractivity contribution in [1.29, 1.82) is 0 Å². The third-order valence-electron chi connectivity index (χ3n) is 2.44.